The molecule has 0 aliphatic heterocycles. The minimum Gasteiger partial charge on any atom is -0.497 e. The molecule has 2 N–H and O–H groups in total. The van der Waals surface area contributed by atoms with Gasteiger partial charge in [0.05, 0.1) is 7.11 Å². The van der Waals surface area contributed by atoms with Crippen LogP contribution in [-0.2, 0) is 13.0 Å². The molecule has 0 radical (unpaired) electrons. The molecule has 0 saturated heterocycles. The van der Waals surface area contributed by atoms with Crippen LogP contribution in [0.5, 0.6) is 5.75 Å². The van der Waals surface area contributed by atoms with E-state index >= 15 is 0 Å². The largest absolute Gasteiger partial charge is 0.497 e. The SMILES string of the molecule is CN=C(NCCc1cc(F)cc(F)c1)NCc1ccc(OC)cc1.I. The molecule has 136 valence electrons. The van der Waals surface area contributed by atoms with Crippen molar-refractivity contribution in [1.29, 1.82) is 0 Å². The first-order valence-corrected chi connectivity index (χ1v) is 7.63. The van der Waals surface area contributed by atoms with Crippen LogP contribution in [0.3, 0.4) is 0 Å². The molecule has 0 saturated carbocycles. The van der Waals surface area contributed by atoms with Crippen molar-refractivity contribution < 1.29 is 13.5 Å². The van der Waals surface area contributed by atoms with E-state index in [1.165, 1.54) is 12.1 Å². The van der Waals surface area contributed by atoms with E-state index in [0.29, 0.717) is 31.0 Å². The summed E-state index contributed by atoms with van der Waals surface area (Å²) in [7, 11) is 3.30. The highest BCUT2D eigenvalue weighted by atomic mass is 127. The fourth-order valence-electron chi connectivity index (χ4n) is 2.23. The summed E-state index contributed by atoms with van der Waals surface area (Å²) in [5, 5.41) is 6.30. The monoisotopic (exact) mass is 461 g/mol. The third-order valence-electron chi connectivity index (χ3n) is 3.47. The molecule has 0 fully saturated rings. The first-order valence-electron chi connectivity index (χ1n) is 7.63. The summed E-state index contributed by atoms with van der Waals surface area (Å²) in [6.45, 7) is 1.13. The van der Waals surface area contributed by atoms with Crippen molar-refractivity contribution in [3.8, 4) is 5.75 Å². The molecule has 2 aromatic carbocycles. The van der Waals surface area contributed by atoms with E-state index < -0.39 is 11.6 Å². The summed E-state index contributed by atoms with van der Waals surface area (Å²) in [4.78, 5) is 4.12. The summed E-state index contributed by atoms with van der Waals surface area (Å²) in [6, 6.07) is 11.3. The van der Waals surface area contributed by atoms with Crippen LogP contribution in [0, 0.1) is 11.6 Å². The predicted molar refractivity (Wildman–Crippen MR) is 107 cm³/mol. The number of rotatable bonds is 6. The predicted octanol–water partition coefficient (Wildman–Crippen LogP) is 3.50. The Kier molecular flexibility index (Phi) is 9.18. The minimum atomic E-state index is -0.563. The average Bonchev–Trinajstić information content (AvgIpc) is 2.57. The molecular formula is C18H22F2IN3O. The van der Waals surface area contributed by atoms with E-state index in [9.17, 15) is 8.78 Å². The van der Waals surface area contributed by atoms with Gasteiger partial charge in [-0.3, -0.25) is 4.99 Å². The number of hydrogen-bond donors (Lipinski definition) is 2. The number of aliphatic imine (C=N–C) groups is 1. The van der Waals surface area contributed by atoms with Crippen LogP contribution in [-0.4, -0.2) is 26.7 Å². The Bertz CT molecular complexity index is 673. The third-order valence-corrected chi connectivity index (χ3v) is 3.47. The van der Waals surface area contributed by atoms with Gasteiger partial charge in [0.2, 0.25) is 0 Å². The van der Waals surface area contributed by atoms with E-state index in [2.05, 4.69) is 15.6 Å². The minimum absolute atomic E-state index is 0. The Labute approximate surface area is 163 Å². The van der Waals surface area contributed by atoms with E-state index in [1.54, 1.807) is 14.2 Å². The van der Waals surface area contributed by atoms with Crippen molar-refractivity contribution in [2.45, 2.75) is 13.0 Å². The van der Waals surface area contributed by atoms with Crippen LogP contribution in [0.15, 0.2) is 47.5 Å². The highest BCUT2D eigenvalue weighted by Crippen LogP contribution is 2.11. The Balaban J connectivity index is 0.00000312. The van der Waals surface area contributed by atoms with Crippen molar-refractivity contribution in [2.75, 3.05) is 20.7 Å². The van der Waals surface area contributed by atoms with Crippen LogP contribution in [0.1, 0.15) is 11.1 Å². The van der Waals surface area contributed by atoms with Gasteiger partial charge in [0.25, 0.3) is 0 Å². The second-order valence-electron chi connectivity index (χ2n) is 5.23. The number of nitrogens with one attached hydrogen (secondary N) is 2. The summed E-state index contributed by atoms with van der Waals surface area (Å²) in [5.74, 6) is 0.310. The van der Waals surface area contributed by atoms with E-state index in [4.69, 9.17) is 4.74 Å². The van der Waals surface area contributed by atoms with Gasteiger partial charge in [0.15, 0.2) is 5.96 Å². The molecule has 0 heterocycles. The topological polar surface area (TPSA) is 45.7 Å². The molecule has 0 atom stereocenters. The maximum atomic E-state index is 13.1. The van der Waals surface area contributed by atoms with Crippen LogP contribution in [0.25, 0.3) is 0 Å². The smallest absolute Gasteiger partial charge is 0.191 e. The zero-order valence-corrected chi connectivity index (χ0v) is 16.5. The Morgan fingerprint density at radius 2 is 1.64 bits per heavy atom. The quantitative estimate of drug-likeness (QED) is 0.394. The van der Waals surface area contributed by atoms with Gasteiger partial charge in [0, 0.05) is 26.2 Å². The lowest BCUT2D eigenvalue weighted by molar-refractivity contribution is 0.414. The standard InChI is InChI=1S/C18H21F2N3O.HI/c1-21-18(23-12-13-3-5-17(24-2)6-4-13)22-8-7-14-9-15(19)11-16(20)10-14;/h3-6,9-11H,7-8,12H2,1-2H3,(H2,21,22,23);1H. The number of hydrogen-bond acceptors (Lipinski definition) is 2. The van der Waals surface area contributed by atoms with Crippen molar-refractivity contribution >= 4 is 29.9 Å². The fourth-order valence-corrected chi connectivity index (χ4v) is 2.23. The Hall–Kier alpha value is -1.90. The maximum absolute atomic E-state index is 13.1. The summed E-state index contributed by atoms with van der Waals surface area (Å²) >= 11 is 0. The molecule has 2 rings (SSSR count). The lowest BCUT2D eigenvalue weighted by Gasteiger charge is -2.12. The number of guanidine groups is 1. The van der Waals surface area contributed by atoms with Crippen LogP contribution < -0.4 is 15.4 Å². The zero-order chi connectivity index (χ0) is 17.4. The molecule has 25 heavy (non-hydrogen) atoms. The number of benzene rings is 2. The van der Waals surface area contributed by atoms with Gasteiger partial charge in [-0.05, 0) is 41.8 Å². The number of methoxy groups -OCH3 is 1. The highest BCUT2D eigenvalue weighted by Gasteiger charge is 2.02. The number of ether oxygens (including phenoxy) is 1. The van der Waals surface area contributed by atoms with Crippen LogP contribution in [0.2, 0.25) is 0 Å². The van der Waals surface area contributed by atoms with E-state index in [0.717, 1.165) is 17.4 Å². The van der Waals surface area contributed by atoms with Gasteiger partial charge in [0.1, 0.15) is 17.4 Å². The van der Waals surface area contributed by atoms with Gasteiger partial charge in [-0.25, -0.2) is 8.78 Å². The van der Waals surface area contributed by atoms with Crippen molar-refractivity contribution in [3.63, 3.8) is 0 Å². The third kappa shape index (κ3) is 7.25. The molecule has 0 aliphatic carbocycles. The maximum Gasteiger partial charge on any atom is 0.191 e. The summed E-state index contributed by atoms with van der Waals surface area (Å²) < 4.78 is 31.4. The van der Waals surface area contributed by atoms with Gasteiger partial charge in [-0.2, -0.15) is 0 Å². The summed E-state index contributed by atoms with van der Waals surface area (Å²) in [6.07, 6.45) is 0.498. The van der Waals surface area contributed by atoms with Crippen molar-refractivity contribution in [2.24, 2.45) is 4.99 Å². The molecule has 2 aromatic rings. The van der Waals surface area contributed by atoms with Gasteiger partial charge in [-0.15, -0.1) is 24.0 Å². The molecule has 0 spiro atoms. The molecule has 0 unspecified atom stereocenters. The normalized spacial score (nSPS) is 10.8. The first kappa shape index (κ1) is 21.1. The van der Waals surface area contributed by atoms with Crippen LogP contribution >= 0.6 is 24.0 Å². The van der Waals surface area contributed by atoms with E-state index in [1.807, 2.05) is 24.3 Å². The molecule has 0 aliphatic rings. The molecule has 4 nitrogen and oxygen atoms in total. The van der Waals surface area contributed by atoms with Crippen LogP contribution in [0.4, 0.5) is 8.78 Å². The lowest BCUT2D eigenvalue weighted by atomic mass is 10.1. The van der Waals surface area contributed by atoms with E-state index in [-0.39, 0.29) is 24.0 Å². The van der Waals surface area contributed by atoms with Crippen molar-refractivity contribution in [1.82, 2.24) is 10.6 Å². The van der Waals surface area contributed by atoms with Gasteiger partial charge >= 0.3 is 0 Å². The molecule has 0 bridgehead atoms. The molecule has 0 amide bonds. The first-order chi connectivity index (χ1) is 11.6. The second-order valence-corrected chi connectivity index (χ2v) is 5.23. The Morgan fingerprint density at radius 1 is 1.00 bits per heavy atom. The van der Waals surface area contributed by atoms with Gasteiger partial charge in [-0.1, -0.05) is 12.1 Å². The second kappa shape index (κ2) is 10.9. The number of nitrogens with zero attached hydrogens (tertiary/aromatic N) is 1. The highest BCUT2D eigenvalue weighted by molar-refractivity contribution is 14.0. The molecule has 0 aromatic heterocycles. The van der Waals surface area contributed by atoms with Gasteiger partial charge < -0.3 is 15.4 Å². The average molecular weight is 461 g/mol. The van der Waals surface area contributed by atoms with Crippen molar-refractivity contribution in [3.05, 3.63) is 65.2 Å². The molecular weight excluding hydrogens is 439 g/mol. The number of halogens is 3. The molecule has 7 heteroatoms. The Morgan fingerprint density at radius 3 is 2.20 bits per heavy atom. The lowest BCUT2D eigenvalue weighted by Crippen LogP contribution is -2.37. The fraction of sp³-hybridized carbons (Fsp3) is 0.278. The zero-order valence-electron chi connectivity index (χ0n) is 14.2. The summed E-state index contributed by atoms with van der Waals surface area (Å²) in [5.41, 5.74) is 1.69.